The second-order valence-corrected chi connectivity index (χ2v) is 3.99. The van der Waals surface area contributed by atoms with Crippen LogP contribution >= 0.6 is 0 Å². The van der Waals surface area contributed by atoms with E-state index in [1.54, 1.807) is 0 Å². The zero-order chi connectivity index (χ0) is 12.3. The van der Waals surface area contributed by atoms with Gasteiger partial charge in [-0.2, -0.15) is 0 Å². The lowest BCUT2D eigenvalue weighted by molar-refractivity contribution is 0.852. The molecule has 0 unspecified atom stereocenters. The summed E-state index contributed by atoms with van der Waals surface area (Å²) in [7, 11) is 1.94. The van der Waals surface area contributed by atoms with Crippen molar-refractivity contribution in [2.45, 2.75) is 13.8 Å². The Morgan fingerprint density at radius 2 is 1.94 bits per heavy atom. The van der Waals surface area contributed by atoms with E-state index in [0.29, 0.717) is 0 Å². The van der Waals surface area contributed by atoms with Gasteiger partial charge in [0.2, 0.25) is 0 Å². The van der Waals surface area contributed by atoms with Gasteiger partial charge < -0.3 is 10.2 Å². The van der Waals surface area contributed by atoms with E-state index in [0.717, 1.165) is 24.6 Å². The van der Waals surface area contributed by atoms with Gasteiger partial charge in [0.25, 0.3) is 0 Å². The highest BCUT2D eigenvalue weighted by molar-refractivity contribution is 5.94. The molecule has 0 amide bonds. The Kier molecular flexibility index (Phi) is 3.47. The van der Waals surface area contributed by atoms with Gasteiger partial charge in [0.1, 0.15) is 5.82 Å². The molecule has 0 saturated heterocycles. The summed E-state index contributed by atoms with van der Waals surface area (Å²) in [6.07, 6.45) is 1.88. The molecule has 0 aliphatic heterocycles. The molecule has 0 radical (unpaired) electrons. The SMILES string of the molecule is CCN(CC)c1nccc2ccc(NC)cc12. The minimum atomic E-state index is 0.979. The number of pyridine rings is 1. The number of benzene rings is 1. The topological polar surface area (TPSA) is 28.2 Å². The molecule has 3 heteroatoms. The Morgan fingerprint density at radius 1 is 1.18 bits per heavy atom. The van der Waals surface area contributed by atoms with Crippen molar-refractivity contribution in [2.24, 2.45) is 0 Å². The third-order valence-electron chi connectivity index (χ3n) is 3.10. The van der Waals surface area contributed by atoms with E-state index in [1.807, 2.05) is 13.2 Å². The smallest absolute Gasteiger partial charge is 0.136 e. The molecule has 1 N–H and O–H groups in total. The summed E-state index contributed by atoms with van der Waals surface area (Å²) in [6, 6.07) is 8.45. The standard InChI is InChI=1S/C14H19N3/c1-4-17(5-2)14-13-10-12(15-3)7-6-11(13)8-9-16-14/h6-10,15H,4-5H2,1-3H3. The van der Waals surface area contributed by atoms with Crippen LogP contribution < -0.4 is 10.2 Å². The molecule has 2 aromatic rings. The molecule has 0 bridgehead atoms. The first-order valence-corrected chi connectivity index (χ1v) is 6.11. The molecule has 1 heterocycles. The van der Waals surface area contributed by atoms with Crippen molar-refractivity contribution in [3.63, 3.8) is 0 Å². The van der Waals surface area contributed by atoms with Crippen molar-refractivity contribution in [1.29, 1.82) is 0 Å². The Bertz CT molecular complexity index is 504. The van der Waals surface area contributed by atoms with Crippen LogP contribution in [0.3, 0.4) is 0 Å². The van der Waals surface area contributed by atoms with Crippen molar-refractivity contribution < 1.29 is 0 Å². The molecule has 0 saturated carbocycles. The highest BCUT2D eigenvalue weighted by atomic mass is 15.2. The van der Waals surface area contributed by atoms with Gasteiger partial charge in [-0.3, -0.25) is 0 Å². The minimum absolute atomic E-state index is 0.979. The lowest BCUT2D eigenvalue weighted by Crippen LogP contribution is -2.23. The molecule has 0 aliphatic carbocycles. The highest BCUT2D eigenvalue weighted by Crippen LogP contribution is 2.26. The van der Waals surface area contributed by atoms with Crippen LogP contribution in [0.1, 0.15) is 13.8 Å². The molecule has 1 aromatic carbocycles. The maximum atomic E-state index is 4.52. The molecule has 17 heavy (non-hydrogen) atoms. The number of aromatic nitrogens is 1. The largest absolute Gasteiger partial charge is 0.388 e. The normalized spacial score (nSPS) is 10.5. The third kappa shape index (κ3) is 2.18. The number of hydrogen-bond acceptors (Lipinski definition) is 3. The van der Waals surface area contributed by atoms with Crippen molar-refractivity contribution >= 4 is 22.3 Å². The molecule has 0 atom stereocenters. The van der Waals surface area contributed by atoms with Crippen molar-refractivity contribution in [3.8, 4) is 0 Å². The fraction of sp³-hybridized carbons (Fsp3) is 0.357. The Balaban J connectivity index is 2.61. The molecular formula is C14H19N3. The van der Waals surface area contributed by atoms with Gasteiger partial charge in [-0.1, -0.05) is 6.07 Å². The van der Waals surface area contributed by atoms with Crippen LogP contribution in [-0.2, 0) is 0 Å². The van der Waals surface area contributed by atoms with Gasteiger partial charge in [-0.15, -0.1) is 0 Å². The van der Waals surface area contributed by atoms with E-state index in [1.165, 1.54) is 10.8 Å². The highest BCUT2D eigenvalue weighted by Gasteiger charge is 2.08. The summed E-state index contributed by atoms with van der Waals surface area (Å²) in [4.78, 5) is 6.80. The maximum Gasteiger partial charge on any atom is 0.136 e. The summed E-state index contributed by atoms with van der Waals surface area (Å²) in [5, 5.41) is 5.62. The lowest BCUT2D eigenvalue weighted by Gasteiger charge is -2.21. The molecule has 0 fully saturated rings. The van der Waals surface area contributed by atoms with Crippen LogP contribution in [0.2, 0.25) is 0 Å². The lowest BCUT2D eigenvalue weighted by atomic mass is 10.1. The van der Waals surface area contributed by atoms with Crippen LogP contribution in [0.5, 0.6) is 0 Å². The quantitative estimate of drug-likeness (QED) is 0.873. The summed E-state index contributed by atoms with van der Waals surface area (Å²) in [5.74, 6) is 1.07. The molecular weight excluding hydrogens is 210 g/mol. The molecule has 3 nitrogen and oxygen atoms in total. The van der Waals surface area contributed by atoms with Crippen LogP contribution in [0, 0.1) is 0 Å². The zero-order valence-corrected chi connectivity index (χ0v) is 10.7. The number of nitrogens with zero attached hydrogens (tertiary/aromatic N) is 2. The van der Waals surface area contributed by atoms with Crippen LogP contribution in [0.25, 0.3) is 10.8 Å². The van der Waals surface area contributed by atoms with Crippen molar-refractivity contribution in [2.75, 3.05) is 30.4 Å². The van der Waals surface area contributed by atoms with Crippen molar-refractivity contribution in [1.82, 2.24) is 4.98 Å². The summed E-state index contributed by atoms with van der Waals surface area (Å²) < 4.78 is 0. The van der Waals surface area contributed by atoms with Gasteiger partial charge in [0.05, 0.1) is 0 Å². The van der Waals surface area contributed by atoms with Crippen LogP contribution in [-0.4, -0.2) is 25.1 Å². The van der Waals surface area contributed by atoms with Gasteiger partial charge in [0, 0.05) is 37.4 Å². The molecule has 0 spiro atoms. The Hall–Kier alpha value is -1.77. The molecule has 2 rings (SSSR count). The van der Waals surface area contributed by atoms with Gasteiger partial charge >= 0.3 is 0 Å². The summed E-state index contributed by atoms with van der Waals surface area (Å²) >= 11 is 0. The van der Waals surface area contributed by atoms with E-state index >= 15 is 0 Å². The molecule has 1 aromatic heterocycles. The Labute approximate surface area is 102 Å². The summed E-state index contributed by atoms with van der Waals surface area (Å²) in [5.41, 5.74) is 1.12. The average molecular weight is 229 g/mol. The van der Waals surface area contributed by atoms with E-state index in [-0.39, 0.29) is 0 Å². The molecule has 0 aliphatic rings. The first-order valence-electron chi connectivity index (χ1n) is 6.11. The third-order valence-corrected chi connectivity index (χ3v) is 3.10. The Morgan fingerprint density at radius 3 is 2.59 bits per heavy atom. The number of rotatable bonds is 4. The van der Waals surface area contributed by atoms with Crippen molar-refractivity contribution in [3.05, 3.63) is 30.5 Å². The number of anilines is 2. The fourth-order valence-corrected chi connectivity index (χ4v) is 2.08. The van der Waals surface area contributed by atoms with Crippen LogP contribution in [0.4, 0.5) is 11.5 Å². The number of hydrogen-bond donors (Lipinski definition) is 1. The van der Waals surface area contributed by atoms with E-state index in [9.17, 15) is 0 Å². The zero-order valence-electron chi connectivity index (χ0n) is 10.7. The monoisotopic (exact) mass is 229 g/mol. The predicted octanol–water partition coefficient (Wildman–Crippen LogP) is 3.12. The second-order valence-electron chi connectivity index (χ2n) is 3.99. The minimum Gasteiger partial charge on any atom is -0.388 e. The first-order chi connectivity index (χ1) is 8.30. The van der Waals surface area contributed by atoms with E-state index < -0.39 is 0 Å². The summed E-state index contributed by atoms with van der Waals surface area (Å²) in [6.45, 7) is 6.27. The van der Waals surface area contributed by atoms with E-state index in [2.05, 4.69) is 53.3 Å². The van der Waals surface area contributed by atoms with E-state index in [4.69, 9.17) is 0 Å². The first kappa shape index (κ1) is 11.7. The maximum absolute atomic E-state index is 4.52. The van der Waals surface area contributed by atoms with Gasteiger partial charge in [-0.25, -0.2) is 4.98 Å². The predicted molar refractivity (Wildman–Crippen MR) is 74.9 cm³/mol. The van der Waals surface area contributed by atoms with Gasteiger partial charge in [-0.05, 0) is 37.4 Å². The molecule has 90 valence electrons. The van der Waals surface area contributed by atoms with Crippen LogP contribution in [0.15, 0.2) is 30.5 Å². The number of nitrogens with one attached hydrogen (secondary N) is 1. The fourth-order valence-electron chi connectivity index (χ4n) is 2.08. The van der Waals surface area contributed by atoms with Gasteiger partial charge in [0.15, 0.2) is 0 Å². The number of fused-ring (bicyclic) bond motifs is 1. The average Bonchev–Trinajstić information content (AvgIpc) is 2.40. The second kappa shape index (κ2) is 5.04.